The van der Waals surface area contributed by atoms with Crippen LogP contribution in [0.3, 0.4) is 0 Å². The van der Waals surface area contributed by atoms with E-state index in [0.29, 0.717) is 34.0 Å². The minimum absolute atomic E-state index is 0.315. The number of hydrogen-bond donors (Lipinski definition) is 0. The van der Waals surface area contributed by atoms with E-state index in [4.69, 9.17) is 19.4 Å². The van der Waals surface area contributed by atoms with Gasteiger partial charge < -0.3 is 4.42 Å². The van der Waals surface area contributed by atoms with E-state index in [0.717, 1.165) is 60.0 Å². The fourth-order valence-corrected chi connectivity index (χ4v) is 10.4. The molecular weight excluding hydrogens is 753 g/mol. The predicted octanol–water partition coefficient (Wildman–Crippen LogP) is 11.5. The molecule has 2 heterocycles. The van der Waals surface area contributed by atoms with Crippen LogP contribution < -0.4 is 0 Å². The molecule has 1 unspecified atom stereocenters. The molecule has 6 nitrogen and oxygen atoms in total. The Morgan fingerprint density at radius 3 is 1.67 bits per heavy atom. The largest absolute Gasteiger partial charge is 0.456 e. The standard InChI is InChI=1S/C45H34IN5O/c1-27-18-30-19-37(46)24-45(22-27,23-30)36-14-10-31(11-15-36)34-12-16-38-39-17-13-35(21-41(39)52-40(38)20-34)44-50-42(32-6-2-28(25-47)3-7-32)49-43(51-44)33-8-4-29(26-48)5-9-33/h2-17,20-21,27,30,37H,18-19,22-24H2,1H3/t27-,30-,37+,45?/m0/s1. The van der Waals surface area contributed by atoms with Crippen molar-refractivity contribution in [1.29, 1.82) is 10.5 Å². The lowest BCUT2D eigenvalue weighted by Crippen LogP contribution is -2.43. The number of nitriles is 2. The van der Waals surface area contributed by atoms with Crippen molar-refractivity contribution in [2.45, 2.75) is 48.4 Å². The summed E-state index contributed by atoms with van der Waals surface area (Å²) in [5.74, 6) is 3.13. The first-order valence-electron chi connectivity index (χ1n) is 17.9. The summed E-state index contributed by atoms with van der Waals surface area (Å²) in [5, 5.41) is 20.7. The minimum atomic E-state index is 0.315. The van der Waals surface area contributed by atoms with Gasteiger partial charge in [0.05, 0.1) is 23.3 Å². The normalized spacial score (nSPS) is 21.1. The fraction of sp³-hybridized carbons (Fsp3) is 0.222. The van der Waals surface area contributed by atoms with Crippen molar-refractivity contribution >= 4 is 44.5 Å². The maximum absolute atomic E-state index is 9.31. The molecular formula is C45H34IN5O. The Morgan fingerprint density at radius 1 is 0.596 bits per heavy atom. The van der Waals surface area contributed by atoms with Crippen molar-refractivity contribution in [3.8, 4) is 57.4 Å². The molecule has 7 heteroatoms. The Bertz CT molecular complexity index is 2470. The van der Waals surface area contributed by atoms with E-state index >= 15 is 0 Å². The zero-order chi connectivity index (χ0) is 35.4. The lowest BCUT2D eigenvalue weighted by Gasteiger charge is -2.50. The van der Waals surface area contributed by atoms with Gasteiger partial charge in [-0.05, 0) is 139 Å². The van der Waals surface area contributed by atoms with E-state index in [1.165, 1.54) is 43.2 Å². The first kappa shape index (κ1) is 32.5. The van der Waals surface area contributed by atoms with Crippen molar-refractivity contribution in [2.75, 3.05) is 0 Å². The predicted molar refractivity (Wildman–Crippen MR) is 214 cm³/mol. The second-order valence-corrected chi connectivity index (χ2v) is 16.5. The molecule has 2 aliphatic rings. The summed E-state index contributed by atoms with van der Waals surface area (Å²) in [6.07, 6.45) is 6.68. The highest BCUT2D eigenvalue weighted by molar-refractivity contribution is 14.1. The third kappa shape index (κ3) is 5.93. The molecule has 0 radical (unpaired) electrons. The number of nitrogens with zero attached hydrogens (tertiary/aromatic N) is 5. The summed E-state index contributed by atoms with van der Waals surface area (Å²) in [5.41, 5.74) is 9.21. The molecule has 2 fully saturated rings. The molecule has 7 aromatic rings. The third-order valence-corrected chi connectivity index (χ3v) is 12.0. The Balaban J connectivity index is 1.06. The van der Waals surface area contributed by atoms with Crippen LogP contribution in [0.2, 0.25) is 0 Å². The summed E-state index contributed by atoms with van der Waals surface area (Å²) in [6.45, 7) is 2.45. The number of alkyl halides is 1. The maximum Gasteiger partial charge on any atom is 0.164 e. The number of hydrogen-bond acceptors (Lipinski definition) is 6. The summed E-state index contributed by atoms with van der Waals surface area (Å²) >= 11 is 2.70. The van der Waals surface area contributed by atoms with Crippen molar-refractivity contribution in [1.82, 2.24) is 15.0 Å². The van der Waals surface area contributed by atoms with Crippen molar-refractivity contribution in [3.63, 3.8) is 0 Å². The van der Waals surface area contributed by atoms with Gasteiger partial charge in [-0.15, -0.1) is 0 Å². The van der Waals surface area contributed by atoms with Gasteiger partial charge in [0.25, 0.3) is 0 Å². The second kappa shape index (κ2) is 13.0. The van der Waals surface area contributed by atoms with Crippen LogP contribution >= 0.6 is 22.6 Å². The van der Waals surface area contributed by atoms with Gasteiger partial charge in [-0.2, -0.15) is 10.5 Å². The SMILES string of the molecule is C[C@H]1C[C@H]2C[C@@H](I)CC(c3ccc(-c4ccc5c(c4)oc4cc(-c6nc(-c7ccc(C#N)cc7)nc(-c7ccc(C#N)cc7)n6)ccc45)cc3)(C1)C2. The van der Waals surface area contributed by atoms with Crippen LogP contribution in [-0.2, 0) is 5.41 Å². The summed E-state index contributed by atoms with van der Waals surface area (Å²) in [7, 11) is 0. The molecule has 9 rings (SSSR count). The topological polar surface area (TPSA) is 99.4 Å². The van der Waals surface area contributed by atoms with E-state index in [-0.39, 0.29) is 0 Å². The summed E-state index contributed by atoms with van der Waals surface area (Å²) in [4.78, 5) is 14.5. The molecule has 0 aliphatic heterocycles. The number of rotatable bonds is 5. The zero-order valence-corrected chi connectivity index (χ0v) is 30.8. The summed E-state index contributed by atoms with van der Waals surface area (Å²) < 4.78 is 7.28. The molecule has 252 valence electrons. The molecule has 0 saturated heterocycles. The highest BCUT2D eigenvalue weighted by Gasteiger charge is 2.45. The lowest BCUT2D eigenvalue weighted by molar-refractivity contribution is 0.117. The molecule has 2 aromatic heterocycles. The van der Waals surface area contributed by atoms with Crippen LogP contribution in [0.4, 0.5) is 0 Å². The Hall–Kier alpha value is -5.38. The van der Waals surface area contributed by atoms with Gasteiger partial charge in [-0.1, -0.05) is 65.9 Å². The van der Waals surface area contributed by atoms with Crippen LogP contribution in [0.25, 0.3) is 67.2 Å². The number of furan rings is 1. The molecule has 2 bridgehead atoms. The van der Waals surface area contributed by atoms with Gasteiger partial charge in [0.15, 0.2) is 17.5 Å². The van der Waals surface area contributed by atoms with Crippen LogP contribution in [0.1, 0.15) is 55.7 Å². The van der Waals surface area contributed by atoms with Crippen LogP contribution in [0.5, 0.6) is 0 Å². The van der Waals surface area contributed by atoms with Gasteiger partial charge in [0, 0.05) is 31.4 Å². The molecule has 4 atom stereocenters. The first-order chi connectivity index (χ1) is 25.4. The number of benzene rings is 5. The third-order valence-electron chi connectivity index (χ3n) is 11.1. The van der Waals surface area contributed by atoms with Gasteiger partial charge in [0.1, 0.15) is 11.2 Å². The highest BCUT2D eigenvalue weighted by Crippen LogP contribution is 2.54. The molecule has 2 saturated carbocycles. The molecule has 2 aliphatic carbocycles. The Morgan fingerprint density at radius 2 is 1.10 bits per heavy atom. The van der Waals surface area contributed by atoms with Gasteiger partial charge >= 0.3 is 0 Å². The average molecular weight is 788 g/mol. The minimum Gasteiger partial charge on any atom is -0.456 e. The average Bonchev–Trinajstić information content (AvgIpc) is 3.54. The summed E-state index contributed by atoms with van der Waals surface area (Å²) in [6, 6.07) is 40.7. The van der Waals surface area contributed by atoms with Crippen LogP contribution in [0, 0.1) is 34.5 Å². The molecule has 0 N–H and O–H groups in total. The maximum atomic E-state index is 9.31. The molecule has 0 spiro atoms. The number of fused-ring (bicyclic) bond motifs is 5. The van der Waals surface area contributed by atoms with Gasteiger partial charge in [-0.3, -0.25) is 0 Å². The van der Waals surface area contributed by atoms with E-state index in [1.807, 2.05) is 36.4 Å². The van der Waals surface area contributed by atoms with Gasteiger partial charge in [0.2, 0.25) is 0 Å². The van der Waals surface area contributed by atoms with E-state index < -0.39 is 0 Å². The monoisotopic (exact) mass is 787 g/mol. The smallest absolute Gasteiger partial charge is 0.164 e. The molecule has 0 amide bonds. The number of aromatic nitrogens is 3. The van der Waals surface area contributed by atoms with Crippen LogP contribution in [-0.4, -0.2) is 18.9 Å². The van der Waals surface area contributed by atoms with E-state index in [2.05, 4.69) is 90.2 Å². The first-order valence-corrected chi connectivity index (χ1v) is 19.1. The van der Waals surface area contributed by atoms with Gasteiger partial charge in [-0.25, -0.2) is 15.0 Å². The molecule has 5 aromatic carbocycles. The van der Waals surface area contributed by atoms with Crippen LogP contribution in [0.15, 0.2) is 114 Å². The quantitative estimate of drug-likeness (QED) is 0.127. The van der Waals surface area contributed by atoms with Crippen molar-refractivity contribution < 1.29 is 4.42 Å². The Kier molecular flexibility index (Phi) is 8.12. The zero-order valence-electron chi connectivity index (χ0n) is 28.7. The fourth-order valence-electron chi connectivity index (χ4n) is 8.87. The number of halogens is 1. The van der Waals surface area contributed by atoms with Crippen molar-refractivity contribution in [3.05, 3.63) is 126 Å². The highest BCUT2D eigenvalue weighted by atomic mass is 127. The van der Waals surface area contributed by atoms with Crippen molar-refractivity contribution in [2.24, 2.45) is 11.8 Å². The van der Waals surface area contributed by atoms with E-state index in [9.17, 15) is 10.5 Å². The van der Waals surface area contributed by atoms with E-state index in [1.54, 1.807) is 24.3 Å². The Labute approximate surface area is 316 Å². The molecule has 52 heavy (non-hydrogen) atoms. The lowest BCUT2D eigenvalue weighted by atomic mass is 9.56. The second-order valence-electron chi connectivity index (χ2n) is 14.7.